The molecule has 0 aliphatic rings. The molecule has 4 nitrogen and oxygen atoms in total. The SMILES string of the molecule is CC(C(=O)Nc1cc(Cl)ccc1Cl)c1ccc(O)c(O)c1. The standard InChI is InChI=1S/C15H13Cl2NO3/c1-8(9-2-5-13(19)14(20)6-9)15(21)18-12-7-10(16)3-4-11(12)17/h2-8,19-20H,1H3,(H,18,21). The number of phenols is 2. The average Bonchev–Trinajstić information content (AvgIpc) is 2.45. The summed E-state index contributed by atoms with van der Waals surface area (Å²) in [5.74, 6) is -1.34. The summed E-state index contributed by atoms with van der Waals surface area (Å²) in [5.41, 5.74) is 0.991. The summed E-state index contributed by atoms with van der Waals surface area (Å²) in [6.07, 6.45) is 0. The average molecular weight is 326 g/mol. The third kappa shape index (κ3) is 3.60. The number of amides is 1. The molecule has 1 amide bonds. The fraction of sp³-hybridized carbons (Fsp3) is 0.133. The van der Waals surface area contributed by atoms with Crippen molar-refractivity contribution in [3.05, 3.63) is 52.0 Å². The Morgan fingerprint density at radius 1 is 1.10 bits per heavy atom. The van der Waals surface area contributed by atoms with Crippen LogP contribution in [0.5, 0.6) is 11.5 Å². The van der Waals surface area contributed by atoms with Crippen LogP contribution in [-0.2, 0) is 4.79 Å². The lowest BCUT2D eigenvalue weighted by atomic mass is 9.99. The van der Waals surface area contributed by atoms with E-state index < -0.39 is 5.92 Å². The second-order valence-corrected chi connectivity index (χ2v) is 5.43. The Labute approximate surface area is 131 Å². The van der Waals surface area contributed by atoms with Gasteiger partial charge in [-0.2, -0.15) is 0 Å². The number of nitrogens with one attached hydrogen (secondary N) is 1. The van der Waals surface area contributed by atoms with Gasteiger partial charge in [0.1, 0.15) is 0 Å². The number of halogens is 2. The third-order valence-electron chi connectivity index (χ3n) is 3.08. The number of phenolic OH excluding ortho intramolecular Hbond substituents is 2. The van der Waals surface area contributed by atoms with Crippen LogP contribution in [0.3, 0.4) is 0 Å². The molecule has 0 fully saturated rings. The van der Waals surface area contributed by atoms with Crippen LogP contribution >= 0.6 is 23.2 Å². The minimum absolute atomic E-state index is 0.232. The molecule has 6 heteroatoms. The van der Waals surface area contributed by atoms with E-state index in [-0.39, 0.29) is 17.4 Å². The first kappa shape index (κ1) is 15.5. The number of rotatable bonds is 3. The van der Waals surface area contributed by atoms with Crippen LogP contribution in [0, 0.1) is 0 Å². The van der Waals surface area contributed by atoms with Gasteiger partial charge in [-0.25, -0.2) is 0 Å². The van der Waals surface area contributed by atoms with E-state index in [0.717, 1.165) is 0 Å². The zero-order valence-corrected chi connectivity index (χ0v) is 12.6. The van der Waals surface area contributed by atoms with E-state index in [1.807, 2.05) is 0 Å². The van der Waals surface area contributed by atoms with Crippen LogP contribution in [0.4, 0.5) is 5.69 Å². The van der Waals surface area contributed by atoms with Crippen molar-refractivity contribution in [1.29, 1.82) is 0 Å². The maximum absolute atomic E-state index is 12.2. The van der Waals surface area contributed by atoms with Gasteiger partial charge in [0.25, 0.3) is 0 Å². The van der Waals surface area contributed by atoms with Gasteiger partial charge >= 0.3 is 0 Å². The highest BCUT2D eigenvalue weighted by Crippen LogP contribution is 2.30. The van der Waals surface area contributed by atoms with Crippen molar-refractivity contribution in [3.63, 3.8) is 0 Å². The largest absolute Gasteiger partial charge is 0.504 e. The number of aromatic hydroxyl groups is 2. The molecular weight excluding hydrogens is 313 g/mol. The van der Waals surface area contributed by atoms with E-state index >= 15 is 0 Å². The van der Waals surface area contributed by atoms with Crippen LogP contribution < -0.4 is 5.32 Å². The first-order valence-electron chi connectivity index (χ1n) is 6.16. The maximum Gasteiger partial charge on any atom is 0.231 e. The molecule has 0 aliphatic heterocycles. The van der Waals surface area contributed by atoms with Gasteiger partial charge in [0, 0.05) is 5.02 Å². The number of carbonyl (C=O) groups excluding carboxylic acids is 1. The molecule has 0 bridgehead atoms. The minimum atomic E-state index is -0.536. The van der Waals surface area contributed by atoms with Crippen molar-refractivity contribution in [2.24, 2.45) is 0 Å². The number of hydrogen-bond donors (Lipinski definition) is 3. The molecule has 110 valence electrons. The van der Waals surface area contributed by atoms with Crippen LogP contribution in [0.1, 0.15) is 18.4 Å². The molecular formula is C15H13Cl2NO3. The van der Waals surface area contributed by atoms with E-state index in [9.17, 15) is 15.0 Å². The Bertz CT molecular complexity index is 689. The molecule has 1 unspecified atom stereocenters. The quantitative estimate of drug-likeness (QED) is 0.742. The fourth-order valence-electron chi connectivity index (χ4n) is 1.80. The van der Waals surface area contributed by atoms with Crippen LogP contribution in [-0.4, -0.2) is 16.1 Å². The summed E-state index contributed by atoms with van der Waals surface area (Å²) in [6, 6.07) is 9.03. The zero-order chi connectivity index (χ0) is 15.6. The predicted molar refractivity (Wildman–Crippen MR) is 83.3 cm³/mol. The first-order valence-corrected chi connectivity index (χ1v) is 6.92. The first-order chi connectivity index (χ1) is 9.88. The van der Waals surface area contributed by atoms with Gasteiger partial charge < -0.3 is 15.5 Å². The molecule has 2 aromatic rings. The molecule has 21 heavy (non-hydrogen) atoms. The van der Waals surface area contributed by atoms with Crippen molar-refractivity contribution >= 4 is 34.8 Å². The van der Waals surface area contributed by atoms with Gasteiger partial charge in [-0.05, 0) is 42.8 Å². The Kier molecular flexibility index (Phi) is 4.60. The Morgan fingerprint density at radius 3 is 2.48 bits per heavy atom. The predicted octanol–water partition coefficient (Wildman–Crippen LogP) is 4.15. The van der Waals surface area contributed by atoms with Crippen LogP contribution in [0.25, 0.3) is 0 Å². The molecule has 0 aliphatic carbocycles. The summed E-state index contributed by atoms with van der Waals surface area (Å²) < 4.78 is 0. The molecule has 0 saturated carbocycles. The lowest BCUT2D eigenvalue weighted by Gasteiger charge is -2.14. The maximum atomic E-state index is 12.2. The Hall–Kier alpha value is -1.91. The monoisotopic (exact) mass is 325 g/mol. The van der Waals surface area contributed by atoms with Crippen LogP contribution in [0.15, 0.2) is 36.4 Å². The molecule has 2 rings (SSSR count). The van der Waals surface area contributed by atoms with Crippen LogP contribution in [0.2, 0.25) is 10.0 Å². The van der Waals surface area contributed by atoms with Crippen molar-refractivity contribution in [1.82, 2.24) is 0 Å². The molecule has 0 aromatic heterocycles. The highest BCUT2D eigenvalue weighted by molar-refractivity contribution is 6.35. The summed E-state index contributed by atoms with van der Waals surface area (Å²) in [6.45, 7) is 1.68. The Morgan fingerprint density at radius 2 is 1.81 bits per heavy atom. The van der Waals surface area contributed by atoms with E-state index in [1.165, 1.54) is 12.1 Å². The number of benzene rings is 2. The lowest BCUT2D eigenvalue weighted by molar-refractivity contribution is -0.117. The van der Waals surface area contributed by atoms with Crippen molar-refractivity contribution in [2.75, 3.05) is 5.32 Å². The second-order valence-electron chi connectivity index (χ2n) is 4.58. The van der Waals surface area contributed by atoms with Gasteiger partial charge in [-0.3, -0.25) is 4.79 Å². The second kappa shape index (κ2) is 6.24. The number of anilines is 1. The minimum Gasteiger partial charge on any atom is -0.504 e. The van der Waals surface area contributed by atoms with Crippen molar-refractivity contribution in [3.8, 4) is 11.5 Å². The van der Waals surface area contributed by atoms with E-state index in [2.05, 4.69) is 5.32 Å². The molecule has 0 radical (unpaired) electrons. The van der Waals surface area contributed by atoms with Gasteiger partial charge in [0.2, 0.25) is 5.91 Å². The molecule has 0 heterocycles. The summed E-state index contributed by atoms with van der Waals surface area (Å²) in [7, 11) is 0. The zero-order valence-electron chi connectivity index (χ0n) is 11.1. The van der Waals surface area contributed by atoms with E-state index in [0.29, 0.717) is 21.3 Å². The van der Waals surface area contributed by atoms with Gasteiger partial charge in [-0.1, -0.05) is 29.3 Å². The molecule has 1 atom stereocenters. The summed E-state index contributed by atoms with van der Waals surface area (Å²) in [4.78, 5) is 12.2. The van der Waals surface area contributed by atoms with E-state index in [4.69, 9.17) is 23.2 Å². The van der Waals surface area contributed by atoms with Gasteiger partial charge in [-0.15, -0.1) is 0 Å². The molecule has 0 spiro atoms. The lowest BCUT2D eigenvalue weighted by Crippen LogP contribution is -2.19. The summed E-state index contributed by atoms with van der Waals surface area (Å²) in [5, 5.41) is 22.3. The van der Waals surface area contributed by atoms with Crippen molar-refractivity contribution < 1.29 is 15.0 Å². The Balaban J connectivity index is 2.19. The van der Waals surface area contributed by atoms with Gasteiger partial charge in [0.05, 0.1) is 16.6 Å². The van der Waals surface area contributed by atoms with Gasteiger partial charge in [0.15, 0.2) is 11.5 Å². The molecule has 2 aromatic carbocycles. The summed E-state index contributed by atoms with van der Waals surface area (Å²) >= 11 is 11.9. The highest BCUT2D eigenvalue weighted by atomic mass is 35.5. The number of hydrogen-bond acceptors (Lipinski definition) is 3. The highest BCUT2D eigenvalue weighted by Gasteiger charge is 2.18. The topological polar surface area (TPSA) is 69.6 Å². The fourth-order valence-corrected chi connectivity index (χ4v) is 2.13. The smallest absolute Gasteiger partial charge is 0.231 e. The molecule has 0 saturated heterocycles. The van der Waals surface area contributed by atoms with Crippen molar-refractivity contribution in [2.45, 2.75) is 12.8 Å². The van der Waals surface area contributed by atoms with E-state index in [1.54, 1.807) is 31.2 Å². The third-order valence-corrected chi connectivity index (χ3v) is 3.64. The molecule has 3 N–H and O–H groups in total. The number of carbonyl (C=O) groups is 1. The normalized spacial score (nSPS) is 12.0.